The van der Waals surface area contributed by atoms with Crippen LogP contribution in [0.5, 0.6) is 0 Å². The third kappa shape index (κ3) is 12.5. The van der Waals surface area contributed by atoms with Crippen LogP contribution in [0.3, 0.4) is 0 Å². The second-order valence-electron chi connectivity index (χ2n) is 40.7. The zero-order chi connectivity index (χ0) is 77.3. The largest absolute Gasteiger partial charge is 0.363 e. The standard InChI is InChI=1S/C25H29N.C23H33N.C21H25N.C19H29N.C18H21N/c1-16-7-3-5-9-23(16)26-17(2)25(22-8-4-6-10-24(22)26)20-12-18-11-19(14-20)15-21(25)13-18;1-15-7-5-6-8-21(15)24-16(2)23(14-22(24,3)4)19-10-17-9-18(12-19)13-20(23)11-17;1-16-10-4-6-12-19(16)22-17(2)21(14-8-3-9-15-21)18-11-5-7-13-20(18)22;1-15-10-6-7-11-17(15)20-16(2)19(14-18(20,3)4)12-8-5-9-13-19;1-13-9-5-7-11-16(13)19-14(2)18(3,4)15-10-6-8-12-17(15)19/h3-10,17-21H,11-15H2,1-2H3;5-8,16-20H,9-14H2,1-4H3;4-7,10-13,17H,3,8-9,14-15H2,1-2H3;6-7,10-11,16H,5,8-9,12-14H2,1-4H3;5-12,14H,1-4H3/t17-,18?,19?,20?,21?,25?;16-,17?,18?,19?,20?,23?;17-;16-;14-/m00000/s1. The topological polar surface area (TPSA) is 16.2 Å². The summed E-state index contributed by atoms with van der Waals surface area (Å²) in [5, 5.41) is 0. The molecule has 12 fully saturated rings. The van der Waals surface area contributed by atoms with Crippen molar-refractivity contribution >= 4 is 45.5 Å². The molecule has 0 N–H and O–H groups in total. The Kier molecular flexibility index (Phi) is 20.1. The lowest BCUT2D eigenvalue weighted by molar-refractivity contribution is -0.113. The molecule has 4 spiro atoms. The van der Waals surface area contributed by atoms with Crippen LogP contribution < -0.4 is 24.5 Å². The highest BCUT2D eigenvalue weighted by molar-refractivity contribution is 5.79. The van der Waals surface area contributed by atoms with Gasteiger partial charge in [-0.3, -0.25) is 0 Å². The fourth-order valence-electron chi connectivity index (χ4n) is 29.2. The van der Waals surface area contributed by atoms with Crippen molar-refractivity contribution in [3.8, 4) is 0 Å². The van der Waals surface area contributed by atoms with Crippen LogP contribution >= 0.6 is 0 Å². The molecule has 15 aliphatic rings. The summed E-state index contributed by atoms with van der Waals surface area (Å²) in [7, 11) is 0. The van der Waals surface area contributed by atoms with E-state index in [9.17, 15) is 0 Å². The van der Waals surface area contributed by atoms with E-state index in [4.69, 9.17) is 0 Å². The third-order valence-corrected chi connectivity index (χ3v) is 33.8. The molecule has 8 aromatic carbocycles. The number of aryl methyl sites for hydroxylation is 5. The molecule has 10 aliphatic carbocycles. The maximum Gasteiger partial charge on any atom is 0.0452 e. The summed E-state index contributed by atoms with van der Waals surface area (Å²) in [6.45, 7) is 38.2. The lowest BCUT2D eigenvalue weighted by Crippen LogP contribution is -2.60. The normalized spacial score (nSPS) is 32.1. The van der Waals surface area contributed by atoms with Crippen LogP contribution in [0.2, 0.25) is 0 Å². The lowest BCUT2D eigenvalue weighted by atomic mass is 9.42. The van der Waals surface area contributed by atoms with E-state index < -0.39 is 0 Å². The summed E-state index contributed by atoms with van der Waals surface area (Å²) in [6.07, 6.45) is 31.9. The molecule has 0 radical (unpaired) electrons. The fraction of sp³-hybridized carbons (Fsp3) is 0.547. The minimum Gasteiger partial charge on any atom is -0.363 e. The van der Waals surface area contributed by atoms with Crippen molar-refractivity contribution < 1.29 is 0 Å². The van der Waals surface area contributed by atoms with E-state index in [-0.39, 0.29) is 16.5 Å². The lowest BCUT2D eigenvalue weighted by Gasteiger charge is -2.62. The highest BCUT2D eigenvalue weighted by atomic mass is 15.3. The second-order valence-corrected chi connectivity index (χ2v) is 40.7. The van der Waals surface area contributed by atoms with Crippen LogP contribution in [0.25, 0.3) is 0 Å². The number of hydrogen-bond acceptors (Lipinski definition) is 5. The average molecular weight is 1480 g/mol. The monoisotopic (exact) mass is 1480 g/mol. The smallest absolute Gasteiger partial charge is 0.0452 e. The molecule has 5 nitrogen and oxygen atoms in total. The van der Waals surface area contributed by atoms with Gasteiger partial charge in [0.25, 0.3) is 0 Å². The Labute approximate surface area is 672 Å². The first-order valence-electron chi connectivity index (χ1n) is 44.9. The minimum absolute atomic E-state index is 0.179. The molecule has 2 saturated heterocycles. The van der Waals surface area contributed by atoms with Gasteiger partial charge in [-0.1, -0.05) is 198 Å². The van der Waals surface area contributed by atoms with Gasteiger partial charge in [0.1, 0.15) is 0 Å². The molecule has 8 bridgehead atoms. The molecule has 0 unspecified atom stereocenters. The molecular formula is C106H137N5. The molecule has 586 valence electrons. The Hall–Kier alpha value is -7.24. The van der Waals surface area contributed by atoms with E-state index in [1.54, 1.807) is 17.5 Å². The van der Waals surface area contributed by atoms with Crippen molar-refractivity contribution in [1.29, 1.82) is 0 Å². The fourth-order valence-corrected chi connectivity index (χ4v) is 29.2. The van der Waals surface area contributed by atoms with Crippen molar-refractivity contribution in [3.05, 3.63) is 239 Å². The average Bonchev–Trinajstić information content (AvgIpc) is 1.56. The van der Waals surface area contributed by atoms with E-state index in [2.05, 4.69) is 329 Å². The summed E-state index contributed by atoms with van der Waals surface area (Å²) in [5.74, 6) is 7.97. The summed E-state index contributed by atoms with van der Waals surface area (Å²) in [5.41, 5.74) is 25.6. The molecule has 10 saturated carbocycles. The van der Waals surface area contributed by atoms with Crippen LogP contribution in [0, 0.1) is 92.8 Å². The van der Waals surface area contributed by atoms with Gasteiger partial charge in [-0.2, -0.15) is 0 Å². The Morgan fingerprint density at radius 1 is 0.270 bits per heavy atom. The molecule has 5 heteroatoms. The number of rotatable bonds is 5. The molecule has 23 rings (SSSR count). The van der Waals surface area contributed by atoms with Gasteiger partial charge in [-0.15, -0.1) is 0 Å². The predicted molar refractivity (Wildman–Crippen MR) is 473 cm³/mol. The van der Waals surface area contributed by atoms with E-state index in [0.29, 0.717) is 51.9 Å². The van der Waals surface area contributed by atoms with Crippen LogP contribution in [0.1, 0.15) is 262 Å². The summed E-state index contributed by atoms with van der Waals surface area (Å²) < 4.78 is 0. The number of hydrogen-bond donors (Lipinski definition) is 0. The third-order valence-electron chi connectivity index (χ3n) is 33.8. The molecule has 0 aromatic heterocycles. The molecule has 0 amide bonds. The number of nitrogens with zero attached hydrogens (tertiary/aromatic N) is 5. The SMILES string of the molecule is Cc1ccccc1N1[C@@H](C)C2(CC1(C)C)C1CC3CC(C1)CC2C3.Cc1ccccc1N1[C@@H](C)C2(CCCCC2)CC1(C)C.Cc1ccccc1N1c2ccccc2C(C)(C)[C@@H]1C.Cc1ccccc1N1c2ccccc2C2(C3CC4CC(C3)CC2C4)[C@@H]1C.Cc1ccccc1N1c2ccccc2C2(CCCCC2)[C@@H]1C. The molecular weight excluding hydrogens is 1340 g/mol. The maximum absolute atomic E-state index is 2.82. The highest BCUT2D eigenvalue weighted by Crippen LogP contribution is 2.72. The Balaban J connectivity index is 0.000000101. The minimum atomic E-state index is 0.179. The Bertz CT molecular complexity index is 4590. The number of anilines is 8. The molecule has 5 aliphatic heterocycles. The van der Waals surface area contributed by atoms with Crippen LogP contribution in [-0.2, 0) is 16.2 Å². The summed E-state index contributed by atoms with van der Waals surface area (Å²) in [4.78, 5) is 13.4. The number of para-hydroxylation sites is 8. The zero-order valence-electron chi connectivity index (χ0n) is 71.3. The summed E-state index contributed by atoms with van der Waals surface area (Å²) >= 11 is 0. The molecule has 8 aromatic rings. The van der Waals surface area contributed by atoms with E-state index in [1.807, 2.05) is 0 Å². The number of benzene rings is 8. The maximum atomic E-state index is 2.82. The van der Waals surface area contributed by atoms with Gasteiger partial charge in [0.2, 0.25) is 0 Å². The molecule has 5 atom stereocenters. The van der Waals surface area contributed by atoms with Crippen LogP contribution in [0.4, 0.5) is 45.5 Å². The van der Waals surface area contributed by atoms with E-state index >= 15 is 0 Å². The highest BCUT2D eigenvalue weighted by Gasteiger charge is 2.67. The van der Waals surface area contributed by atoms with E-state index in [0.717, 1.165) is 47.3 Å². The van der Waals surface area contributed by atoms with Crippen molar-refractivity contribution in [1.82, 2.24) is 0 Å². The van der Waals surface area contributed by atoms with Crippen LogP contribution in [-0.4, -0.2) is 41.3 Å². The van der Waals surface area contributed by atoms with Gasteiger partial charge in [-0.25, -0.2) is 0 Å². The van der Waals surface area contributed by atoms with Gasteiger partial charge in [-0.05, 0) is 351 Å². The quantitative estimate of drug-likeness (QED) is 0.170. The van der Waals surface area contributed by atoms with Crippen molar-refractivity contribution in [2.45, 2.75) is 310 Å². The Morgan fingerprint density at radius 3 is 1.02 bits per heavy atom. The number of fused-ring (bicyclic) bond motifs is 4. The van der Waals surface area contributed by atoms with Gasteiger partial charge in [0.15, 0.2) is 0 Å². The second kappa shape index (κ2) is 29.2. The Morgan fingerprint density at radius 2 is 0.586 bits per heavy atom. The summed E-state index contributed by atoms with van der Waals surface area (Å²) in [6, 6.07) is 74.7. The van der Waals surface area contributed by atoms with E-state index in [1.165, 1.54) is 214 Å². The first kappa shape index (κ1) is 76.4. The van der Waals surface area contributed by atoms with Crippen molar-refractivity contribution in [3.63, 3.8) is 0 Å². The van der Waals surface area contributed by atoms with Crippen molar-refractivity contribution in [2.24, 2.45) is 58.2 Å². The first-order chi connectivity index (χ1) is 53.3. The van der Waals surface area contributed by atoms with Gasteiger partial charge >= 0.3 is 0 Å². The first-order valence-corrected chi connectivity index (χ1v) is 44.9. The zero-order valence-corrected chi connectivity index (χ0v) is 71.3. The van der Waals surface area contributed by atoms with Crippen molar-refractivity contribution in [2.75, 3.05) is 24.5 Å². The van der Waals surface area contributed by atoms with Gasteiger partial charge in [0.05, 0.1) is 0 Å². The van der Waals surface area contributed by atoms with Crippen LogP contribution in [0.15, 0.2) is 194 Å². The molecule has 5 heterocycles. The molecule has 111 heavy (non-hydrogen) atoms. The van der Waals surface area contributed by atoms with Gasteiger partial charge < -0.3 is 24.5 Å². The van der Waals surface area contributed by atoms with Gasteiger partial charge in [0, 0.05) is 103 Å². The predicted octanol–water partition coefficient (Wildman–Crippen LogP) is 27.9.